The molecule has 0 bridgehead atoms. The summed E-state index contributed by atoms with van der Waals surface area (Å²) in [4.78, 5) is 15.8. The van der Waals surface area contributed by atoms with Crippen LogP contribution in [0.1, 0.15) is 167 Å². The molecule has 0 radical (unpaired) electrons. The number of carbonyl (C=O) groups excluding carboxylic acids is 1. The highest BCUT2D eigenvalue weighted by Gasteiger charge is 2.42. The largest absolute Gasteiger partial charge is 0.295 e. The molecule has 5 saturated carbocycles. The highest BCUT2D eigenvalue weighted by molar-refractivity contribution is 14.2. The van der Waals surface area contributed by atoms with Crippen LogP contribution in [0.5, 0.6) is 0 Å². The molecule has 6 rings (SSSR count). The quantitative estimate of drug-likeness (QED) is 0.118. The lowest BCUT2D eigenvalue weighted by molar-refractivity contribution is -0.115. The van der Waals surface area contributed by atoms with Crippen LogP contribution in [0.25, 0.3) is 0 Å². The zero-order valence-electron chi connectivity index (χ0n) is 29.6. The third-order valence-corrected chi connectivity index (χ3v) is 17.4. The zero-order chi connectivity index (χ0) is 32.8. The first kappa shape index (κ1) is 37.2. The minimum atomic E-state index is -3.24. The van der Waals surface area contributed by atoms with Crippen molar-refractivity contribution in [3.8, 4) is 0 Å². The fraction of sp³-hybridized carbons (Fsp3) is 0.925. The zero-order valence-corrected chi connectivity index (χ0v) is 33.4. The number of hydrogen-bond acceptors (Lipinski definition) is 5. The van der Waals surface area contributed by atoms with Gasteiger partial charge in [0.15, 0.2) is 5.78 Å². The van der Waals surface area contributed by atoms with Gasteiger partial charge in [-0.2, -0.15) is 11.8 Å². The van der Waals surface area contributed by atoms with E-state index >= 15 is 0 Å². The number of nitrogens with zero attached hydrogens (tertiary/aromatic N) is 1. The van der Waals surface area contributed by atoms with E-state index in [-0.39, 0.29) is 16.8 Å². The molecule has 2 atom stereocenters. The molecule has 0 aromatic carbocycles. The third kappa shape index (κ3) is 10.3. The summed E-state index contributed by atoms with van der Waals surface area (Å²) in [5.41, 5.74) is 0.524. The average molecular weight is 800 g/mol. The number of rotatable bonds is 11. The summed E-state index contributed by atoms with van der Waals surface area (Å²) in [7, 11) is -3.24. The summed E-state index contributed by atoms with van der Waals surface area (Å²) in [5, 5.41) is 0.952. The molecule has 1 saturated heterocycles. The molecule has 7 heteroatoms. The second-order valence-corrected chi connectivity index (χ2v) is 23.8. The Morgan fingerprint density at radius 1 is 0.617 bits per heavy atom. The molecule has 6 fully saturated rings. The second-order valence-electron chi connectivity index (χ2n) is 16.9. The maximum Gasteiger partial charge on any atom is 0.207 e. The van der Waals surface area contributed by atoms with E-state index in [1.165, 1.54) is 169 Å². The van der Waals surface area contributed by atoms with Gasteiger partial charge in [0.25, 0.3) is 0 Å². The summed E-state index contributed by atoms with van der Waals surface area (Å²) in [6.45, 7) is 1.84. The first-order chi connectivity index (χ1) is 22.8. The van der Waals surface area contributed by atoms with Crippen molar-refractivity contribution in [3.05, 3.63) is 11.6 Å². The standard InChI is InChI=1S/C40H66INO3S2/c1-2-39(43)34(28-47(41,44)45)27-38-25-26-40(46-38)33-17-23-37(24-18-33)42(35-19-13-31(14-20-35)29-9-5-3-6-10-29)36-21-15-32(16-22-36)30-11-7-4-8-12-30/h27,29-33,35-38,40H,2-26,28H2,1H3/b34-27+. The summed E-state index contributed by atoms with van der Waals surface area (Å²) in [5.74, 6) is 4.74. The van der Waals surface area contributed by atoms with Gasteiger partial charge in [0.05, 0.1) is 27.0 Å². The van der Waals surface area contributed by atoms with E-state index < -0.39 is 7.01 Å². The lowest BCUT2D eigenvalue weighted by atomic mass is 9.70. The lowest BCUT2D eigenvalue weighted by Gasteiger charge is -2.51. The number of Topliss-reactive ketones (excluding diaryl/α,β-unsaturated/α-hetero) is 1. The maximum atomic E-state index is 12.6. The Kier molecular flexibility index (Phi) is 14.0. The van der Waals surface area contributed by atoms with E-state index in [2.05, 4.69) is 16.7 Å². The number of thioether (sulfide) groups is 1. The molecule has 0 aromatic rings. The molecule has 1 aliphatic heterocycles. The van der Waals surface area contributed by atoms with Crippen molar-refractivity contribution in [2.45, 2.75) is 196 Å². The Labute approximate surface area is 305 Å². The van der Waals surface area contributed by atoms with Crippen LogP contribution in [0.2, 0.25) is 0 Å². The molecule has 2 unspecified atom stereocenters. The van der Waals surface area contributed by atoms with Crippen LogP contribution in [0, 0.1) is 29.6 Å². The summed E-state index contributed by atoms with van der Waals surface area (Å²) in [6.07, 6.45) is 36.9. The van der Waals surface area contributed by atoms with Crippen LogP contribution in [-0.2, 0) is 11.8 Å². The van der Waals surface area contributed by atoms with E-state index in [4.69, 9.17) is 0 Å². The van der Waals surface area contributed by atoms with E-state index in [0.29, 0.717) is 17.2 Å². The summed E-state index contributed by atoms with van der Waals surface area (Å²) < 4.78 is 24.0. The van der Waals surface area contributed by atoms with E-state index in [1.54, 1.807) is 0 Å². The van der Waals surface area contributed by atoms with Crippen LogP contribution in [0.3, 0.4) is 0 Å². The highest BCUT2D eigenvalue weighted by atomic mass is 127. The van der Waals surface area contributed by atoms with Gasteiger partial charge in [-0.25, -0.2) is 8.42 Å². The number of halogens is 1. The molecular formula is C40H66INO3S2. The van der Waals surface area contributed by atoms with Gasteiger partial charge >= 0.3 is 0 Å². The number of carbonyl (C=O) groups is 1. The molecule has 0 amide bonds. The molecule has 0 N–H and O–H groups in total. The molecule has 47 heavy (non-hydrogen) atoms. The first-order valence-electron chi connectivity index (χ1n) is 20.4. The SMILES string of the molecule is CCC(=O)/C(=C/C1CCC(C2CCC(N(C3CCC(C4CCCCC4)CC3)C3CCC(C4CCCCC4)CC3)CC2)S1)CS(=O)(=O)I. The Hall–Kier alpha value is 0.400. The first-order valence-corrected chi connectivity index (χ1v) is 25.5. The molecule has 4 nitrogen and oxygen atoms in total. The van der Waals surface area contributed by atoms with Gasteiger partial charge in [-0.05, 0) is 119 Å². The van der Waals surface area contributed by atoms with E-state index in [9.17, 15) is 13.2 Å². The lowest BCUT2D eigenvalue weighted by Crippen LogP contribution is -2.53. The van der Waals surface area contributed by atoms with Gasteiger partial charge in [-0.3, -0.25) is 9.69 Å². The molecule has 0 spiro atoms. The van der Waals surface area contributed by atoms with Crippen molar-refractivity contribution in [2.24, 2.45) is 29.6 Å². The molecule has 6 aliphatic rings. The Bertz CT molecular complexity index is 1080. The monoisotopic (exact) mass is 799 g/mol. The summed E-state index contributed by atoms with van der Waals surface area (Å²) in [6, 6.07) is 2.43. The van der Waals surface area contributed by atoms with Crippen molar-refractivity contribution < 1.29 is 13.2 Å². The van der Waals surface area contributed by atoms with Gasteiger partial charge in [-0.1, -0.05) is 77.2 Å². The molecule has 1 heterocycles. The smallest absolute Gasteiger partial charge is 0.207 e. The van der Waals surface area contributed by atoms with Gasteiger partial charge in [0.1, 0.15) is 0 Å². The van der Waals surface area contributed by atoms with Gasteiger partial charge in [-0.15, -0.1) is 0 Å². The van der Waals surface area contributed by atoms with Crippen LogP contribution >= 0.6 is 33.0 Å². The Morgan fingerprint density at radius 2 is 1.04 bits per heavy atom. The van der Waals surface area contributed by atoms with E-state index in [1.807, 2.05) is 13.0 Å². The normalized spacial score (nSPS) is 37.3. The predicted octanol–water partition coefficient (Wildman–Crippen LogP) is 11.1. The Balaban J connectivity index is 1.06. The molecule has 5 aliphatic carbocycles. The number of ketones is 1. The third-order valence-electron chi connectivity index (χ3n) is 14.1. The van der Waals surface area contributed by atoms with Crippen LogP contribution < -0.4 is 0 Å². The van der Waals surface area contributed by atoms with Crippen molar-refractivity contribution in [2.75, 3.05) is 5.75 Å². The van der Waals surface area contributed by atoms with Gasteiger partial charge in [0.2, 0.25) is 7.01 Å². The number of hydrogen-bond donors (Lipinski definition) is 0. The Morgan fingerprint density at radius 3 is 1.47 bits per heavy atom. The van der Waals surface area contributed by atoms with Crippen molar-refractivity contribution in [3.63, 3.8) is 0 Å². The van der Waals surface area contributed by atoms with Crippen molar-refractivity contribution in [1.82, 2.24) is 4.90 Å². The molecule has 268 valence electrons. The molecule has 0 aromatic heterocycles. The minimum Gasteiger partial charge on any atom is -0.295 e. The maximum absolute atomic E-state index is 12.6. The van der Waals surface area contributed by atoms with Crippen LogP contribution in [-0.4, -0.2) is 53.5 Å². The fourth-order valence-electron chi connectivity index (χ4n) is 11.6. The molecular weight excluding hydrogens is 733 g/mol. The van der Waals surface area contributed by atoms with Gasteiger partial charge < -0.3 is 0 Å². The minimum absolute atomic E-state index is 0.00422. The fourth-order valence-corrected chi connectivity index (χ4v) is 15.0. The van der Waals surface area contributed by atoms with Gasteiger partial charge in [0, 0.05) is 40.6 Å². The predicted molar refractivity (Wildman–Crippen MR) is 208 cm³/mol. The average Bonchev–Trinajstić information content (AvgIpc) is 3.57. The topological polar surface area (TPSA) is 54.5 Å². The van der Waals surface area contributed by atoms with Crippen molar-refractivity contribution >= 4 is 45.8 Å². The van der Waals surface area contributed by atoms with Crippen LogP contribution in [0.15, 0.2) is 11.6 Å². The second kappa shape index (κ2) is 17.8. The highest BCUT2D eigenvalue weighted by Crippen LogP contribution is 2.48. The van der Waals surface area contributed by atoms with Crippen LogP contribution in [0.4, 0.5) is 0 Å². The van der Waals surface area contributed by atoms with E-state index in [0.717, 1.165) is 54.1 Å². The van der Waals surface area contributed by atoms with Crippen molar-refractivity contribution in [1.29, 1.82) is 0 Å². The summed E-state index contributed by atoms with van der Waals surface area (Å²) >= 11 is 3.55.